The highest BCUT2D eigenvalue weighted by atomic mass is 16.8. The van der Waals surface area contributed by atoms with Crippen LogP contribution in [0.1, 0.15) is 6.92 Å². The van der Waals surface area contributed by atoms with Gasteiger partial charge in [-0.1, -0.05) is 0 Å². The third-order valence-electron chi connectivity index (χ3n) is 0.629. The van der Waals surface area contributed by atoms with Crippen LogP contribution in [-0.2, 0) is 9.47 Å². The first kappa shape index (κ1) is 4.46. The molecule has 0 aromatic heterocycles. The third-order valence-corrected chi connectivity index (χ3v) is 0.629. The highest BCUT2D eigenvalue weighted by molar-refractivity contribution is 4.71. The quantitative estimate of drug-likeness (QED) is 0.474. The number of hydrogen-bond acceptors (Lipinski definition) is 3. The first-order valence-electron chi connectivity index (χ1n) is 1.94. The molecule has 1 heterocycles. The second-order valence-electron chi connectivity index (χ2n) is 1.41. The van der Waals surface area contributed by atoms with Crippen molar-refractivity contribution >= 4 is 0 Å². The molecule has 0 amide bonds. The Morgan fingerprint density at radius 3 is 2.00 bits per heavy atom. The average Bonchev–Trinajstić information content (AvgIpc) is 1.84. The van der Waals surface area contributed by atoms with Crippen molar-refractivity contribution in [3.63, 3.8) is 0 Å². The maximum Gasteiger partial charge on any atom is 0.365 e. The molecule has 0 radical (unpaired) electrons. The van der Waals surface area contributed by atoms with Crippen molar-refractivity contribution in [2.45, 2.75) is 12.9 Å². The van der Waals surface area contributed by atoms with Crippen LogP contribution >= 0.6 is 0 Å². The van der Waals surface area contributed by atoms with E-state index >= 15 is 0 Å². The summed E-state index contributed by atoms with van der Waals surface area (Å²) in [7, 11) is 0. The van der Waals surface area contributed by atoms with Gasteiger partial charge in [-0.05, 0) is 0 Å². The molecule has 3 nitrogen and oxygen atoms in total. The van der Waals surface area contributed by atoms with Gasteiger partial charge in [0.25, 0.3) is 0 Å². The molecule has 1 rings (SSSR count). The number of hydrogen-bond donors (Lipinski definition) is 1. The lowest BCUT2D eigenvalue weighted by molar-refractivity contribution is -0.280. The standard InChI is InChI=1S/C4H6O3/c1-4(5)6-2-3-7-4/h2-3,5H,1H3. The topological polar surface area (TPSA) is 38.7 Å². The molecule has 0 fully saturated rings. The van der Waals surface area contributed by atoms with Gasteiger partial charge in [0.05, 0.1) is 0 Å². The minimum Gasteiger partial charge on any atom is -0.435 e. The molecule has 0 spiro atoms. The van der Waals surface area contributed by atoms with E-state index in [1.807, 2.05) is 0 Å². The summed E-state index contributed by atoms with van der Waals surface area (Å²) in [6, 6.07) is 0. The van der Waals surface area contributed by atoms with Crippen LogP contribution in [0.3, 0.4) is 0 Å². The lowest BCUT2D eigenvalue weighted by Gasteiger charge is -2.13. The smallest absolute Gasteiger partial charge is 0.365 e. The van der Waals surface area contributed by atoms with Crippen molar-refractivity contribution in [1.29, 1.82) is 0 Å². The summed E-state index contributed by atoms with van der Waals surface area (Å²) in [5.41, 5.74) is 0. The zero-order chi connectivity index (χ0) is 5.33. The zero-order valence-corrected chi connectivity index (χ0v) is 3.92. The molecule has 1 N–H and O–H groups in total. The summed E-state index contributed by atoms with van der Waals surface area (Å²) in [6.45, 7) is 1.41. The molecule has 0 aromatic carbocycles. The molecule has 0 unspecified atom stereocenters. The van der Waals surface area contributed by atoms with Gasteiger partial charge < -0.3 is 14.6 Å². The molecule has 40 valence electrons. The van der Waals surface area contributed by atoms with Crippen molar-refractivity contribution in [2.24, 2.45) is 0 Å². The fraction of sp³-hybridized carbons (Fsp3) is 0.500. The second-order valence-corrected chi connectivity index (χ2v) is 1.41. The van der Waals surface area contributed by atoms with E-state index in [4.69, 9.17) is 5.11 Å². The SMILES string of the molecule is CC1(O)OC=CO1. The van der Waals surface area contributed by atoms with E-state index in [0.717, 1.165) is 0 Å². The Kier molecular flexibility index (Phi) is 0.722. The summed E-state index contributed by atoms with van der Waals surface area (Å²) >= 11 is 0. The second kappa shape index (κ2) is 1.13. The van der Waals surface area contributed by atoms with E-state index in [0.29, 0.717) is 0 Å². The van der Waals surface area contributed by atoms with E-state index in [1.165, 1.54) is 19.4 Å². The van der Waals surface area contributed by atoms with Crippen molar-refractivity contribution < 1.29 is 14.6 Å². The van der Waals surface area contributed by atoms with E-state index in [2.05, 4.69) is 9.47 Å². The molecular formula is C4H6O3. The Morgan fingerprint density at radius 1 is 1.43 bits per heavy atom. The zero-order valence-electron chi connectivity index (χ0n) is 3.92. The van der Waals surface area contributed by atoms with Crippen LogP contribution in [0.2, 0.25) is 0 Å². The minimum atomic E-state index is -1.42. The molecule has 0 saturated heterocycles. The fourth-order valence-electron chi connectivity index (χ4n) is 0.336. The molecule has 1 aliphatic rings. The van der Waals surface area contributed by atoms with Crippen LogP contribution < -0.4 is 0 Å². The molecular weight excluding hydrogens is 96.0 g/mol. The summed E-state index contributed by atoms with van der Waals surface area (Å²) in [4.78, 5) is 0. The van der Waals surface area contributed by atoms with Gasteiger partial charge in [0.15, 0.2) is 0 Å². The summed E-state index contributed by atoms with van der Waals surface area (Å²) < 4.78 is 8.99. The van der Waals surface area contributed by atoms with Crippen LogP contribution in [-0.4, -0.2) is 11.1 Å². The normalized spacial score (nSPS) is 23.7. The molecule has 3 heteroatoms. The largest absolute Gasteiger partial charge is 0.435 e. The van der Waals surface area contributed by atoms with Gasteiger partial charge in [-0.2, -0.15) is 0 Å². The molecule has 0 saturated carbocycles. The van der Waals surface area contributed by atoms with Crippen molar-refractivity contribution in [2.75, 3.05) is 0 Å². The Morgan fingerprint density at radius 2 is 1.86 bits per heavy atom. The number of rotatable bonds is 0. The van der Waals surface area contributed by atoms with Gasteiger partial charge in [0, 0.05) is 6.92 Å². The lowest BCUT2D eigenvalue weighted by atomic mass is 10.7. The van der Waals surface area contributed by atoms with Gasteiger partial charge in [-0.15, -0.1) is 0 Å². The van der Waals surface area contributed by atoms with Crippen LogP contribution in [0.4, 0.5) is 0 Å². The number of aliphatic hydroxyl groups is 1. The fourth-order valence-corrected chi connectivity index (χ4v) is 0.336. The predicted octanol–water partition coefficient (Wildman–Crippen LogP) is 0.170. The third kappa shape index (κ3) is 0.838. The highest BCUT2D eigenvalue weighted by Crippen LogP contribution is 2.13. The molecule has 0 aromatic rings. The van der Waals surface area contributed by atoms with Crippen LogP contribution in [0, 0.1) is 0 Å². The monoisotopic (exact) mass is 102 g/mol. The summed E-state index contributed by atoms with van der Waals surface area (Å²) in [6.07, 6.45) is 2.58. The van der Waals surface area contributed by atoms with Crippen molar-refractivity contribution in [3.8, 4) is 0 Å². The Hall–Kier alpha value is -0.700. The predicted molar refractivity (Wildman–Crippen MR) is 21.9 cm³/mol. The molecule has 0 bridgehead atoms. The molecule has 0 aliphatic carbocycles. The van der Waals surface area contributed by atoms with E-state index < -0.39 is 5.97 Å². The number of ether oxygens (including phenoxy) is 2. The summed E-state index contributed by atoms with van der Waals surface area (Å²) in [5, 5.41) is 8.69. The average molecular weight is 102 g/mol. The van der Waals surface area contributed by atoms with Gasteiger partial charge in [0.2, 0.25) is 0 Å². The van der Waals surface area contributed by atoms with Crippen molar-refractivity contribution in [1.82, 2.24) is 0 Å². The first-order chi connectivity index (χ1) is 3.21. The van der Waals surface area contributed by atoms with Gasteiger partial charge in [0.1, 0.15) is 12.5 Å². The molecule has 0 atom stereocenters. The van der Waals surface area contributed by atoms with Crippen LogP contribution in [0.15, 0.2) is 12.5 Å². The molecule has 7 heavy (non-hydrogen) atoms. The highest BCUT2D eigenvalue weighted by Gasteiger charge is 2.24. The Labute approximate surface area is 41.2 Å². The maximum atomic E-state index is 8.69. The summed E-state index contributed by atoms with van der Waals surface area (Å²) in [5.74, 6) is -1.42. The van der Waals surface area contributed by atoms with E-state index in [1.54, 1.807) is 0 Å². The Bertz CT molecular complexity index is 85.1. The van der Waals surface area contributed by atoms with Gasteiger partial charge in [-0.3, -0.25) is 0 Å². The molecule has 1 aliphatic heterocycles. The maximum absolute atomic E-state index is 8.69. The van der Waals surface area contributed by atoms with E-state index in [-0.39, 0.29) is 0 Å². The Balaban J connectivity index is 2.49. The van der Waals surface area contributed by atoms with E-state index in [9.17, 15) is 0 Å². The van der Waals surface area contributed by atoms with Gasteiger partial charge >= 0.3 is 5.97 Å². The van der Waals surface area contributed by atoms with Gasteiger partial charge in [-0.25, -0.2) is 0 Å². The lowest BCUT2D eigenvalue weighted by Crippen LogP contribution is -2.23. The van der Waals surface area contributed by atoms with Crippen LogP contribution in [0.25, 0.3) is 0 Å². The van der Waals surface area contributed by atoms with Crippen LogP contribution in [0.5, 0.6) is 0 Å². The first-order valence-corrected chi connectivity index (χ1v) is 1.94. The van der Waals surface area contributed by atoms with Crippen molar-refractivity contribution in [3.05, 3.63) is 12.5 Å². The minimum absolute atomic E-state index is 1.29.